The van der Waals surface area contributed by atoms with Crippen molar-refractivity contribution in [2.45, 2.75) is 77.4 Å². The largest absolute Gasteiger partial charge is 0.393 e. The standard InChI is InChI=1S/C12H27NO/c1-3-5-9-12(14)10-7-6-8-11(13)4-2/h11-12,14H,3-10,13H2,1-2H3. The van der Waals surface area contributed by atoms with Crippen molar-refractivity contribution in [3.05, 3.63) is 0 Å². The van der Waals surface area contributed by atoms with Crippen molar-refractivity contribution in [1.82, 2.24) is 0 Å². The van der Waals surface area contributed by atoms with E-state index in [0.717, 1.165) is 44.9 Å². The van der Waals surface area contributed by atoms with E-state index in [0.29, 0.717) is 6.04 Å². The highest BCUT2D eigenvalue weighted by atomic mass is 16.3. The Balaban J connectivity index is 3.18. The van der Waals surface area contributed by atoms with Crippen LogP contribution in [0.25, 0.3) is 0 Å². The fraction of sp³-hybridized carbons (Fsp3) is 1.00. The van der Waals surface area contributed by atoms with E-state index in [9.17, 15) is 5.11 Å². The van der Waals surface area contributed by atoms with Crippen molar-refractivity contribution in [1.29, 1.82) is 0 Å². The molecule has 0 aromatic rings. The number of unbranched alkanes of at least 4 members (excludes halogenated alkanes) is 2. The summed E-state index contributed by atoms with van der Waals surface area (Å²) in [5, 5.41) is 9.57. The third-order valence-electron chi connectivity index (χ3n) is 2.78. The van der Waals surface area contributed by atoms with E-state index in [4.69, 9.17) is 5.73 Å². The highest BCUT2D eigenvalue weighted by Crippen LogP contribution is 2.10. The van der Waals surface area contributed by atoms with E-state index >= 15 is 0 Å². The summed E-state index contributed by atoms with van der Waals surface area (Å²) >= 11 is 0. The predicted octanol–water partition coefficient (Wildman–Crippen LogP) is 2.84. The van der Waals surface area contributed by atoms with E-state index in [1.165, 1.54) is 6.42 Å². The van der Waals surface area contributed by atoms with Crippen LogP contribution >= 0.6 is 0 Å². The lowest BCUT2D eigenvalue weighted by Crippen LogP contribution is -2.18. The highest BCUT2D eigenvalue weighted by molar-refractivity contribution is 4.60. The molecule has 3 N–H and O–H groups in total. The second-order valence-electron chi connectivity index (χ2n) is 4.25. The van der Waals surface area contributed by atoms with Gasteiger partial charge in [-0.25, -0.2) is 0 Å². The number of aliphatic hydroxyl groups excluding tert-OH is 1. The predicted molar refractivity (Wildman–Crippen MR) is 62.3 cm³/mol. The molecule has 0 fully saturated rings. The van der Waals surface area contributed by atoms with E-state index < -0.39 is 0 Å². The number of nitrogens with two attached hydrogens (primary N) is 1. The first-order valence-corrected chi connectivity index (χ1v) is 6.14. The Labute approximate surface area is 88.9 Å². The van der Waals surface area contributed by atoms with Gasteiger partial charge in [-0.2, -0.15) is 0 Å². The SMILES string of the molecule is CCCCC(O)CCCCC(N)CC. The molecule has 0 amide bonds. The van der Waals surface area contributed by atoms with E-state index in [2.05, 4.69) is 13.8 Å². The molecule has 0 heterocycles. The molecule has 0 radical (unpaired) electrons. The Morgan fingerprint density at radius 2 is 1.57 bits per heavy atom. The van der Waals surface area contributed by atoms with Crippen molar-refractivity contribution in [3.63, 3.8) is 0 Å². The molecule has 0 aromatic carbocycles. The molecule has 14 heavy (non-hydrogen) atoms. The minimum Gasteiger partial charge on any atom is -0.393 e. The van der Waals surface area contributed by atoms with Crippen LogP contribution in [0.2, 0.25) is 0 Å². The van der Waals surface area contributed by atoms with Gasteiger partial charge in [0, 0.05) is 6.04 Å². The van der Waals surface area contributed by atoms with Crippen LogP contribution < -0.4 is 5.73 Å². The van der Waals surface area contributed by atoms with Crippen LogP contribution in [0.4, 0.5) is 0 Å². The van der Waals surface area contributed by atoms with Gasteiger partial charge < -0.3 is 10.8 Å². The second kappa shape index (κ2) is 9.47. The summed E-state index contributed by atoms with van der Waals surface area (Å²) in [6.45, 7) is 4.29. The number of hydrogen-bond acceptors (Lipinski definition) is 2. The molecule has 0 aliphatic heterocycles. The molecule has 0 saturated carbocycles. The summed E-state index contributed by atoms with van der Waals surface area (Å²) in [4.78, 5) is 0. The summed E-state index contributed by atoms with van der Waals surface area (Å²) in [6, 6.07) is 0.364. The van der Waals surface area contributed by atoms with Crippen molar-refractivity contribution < 1.29 is 5.11 Å². The fourth-order valence-electron chi connectivity index (χ4n) is 1.57. The van der Waals surface area contributed by atoms with Crippen LogP contribution in [0.1, 0.15) is 65.2 Å². The van der Waals surface area contributed by atoms with E-state index in [1.54, 1.807) is 0 Å². The molecule has 0 bridgehead atoms. The van der Waals surface area contributed by atoms with Gasteiger partial charge in [0.2, 0.25) is 0 Å². The average Bonchev–Trinajstić information content (AvgIpc) is 2.21. The number of aliphatic hydroxyl groups is 1. The zero-order valence-corrected chi connectivity index (χ0v) is 9.84. The van der Waals surface area contributed by atoms with E-state index in [-0.39, 0.29) is 6.10 Å². The van der Waals surface area contributed by atoms with Crippen LogP contribution in [-0.2, 0) is 0 Å². The molecule has 2 atom stereocenters. The third-order valence-corrected chi connectivity index (χ3v) is 2.78. The Morgan fingerprint density at radius 1 is 1.00 bits per heavy atom. The van der Waals surface area contributed by atoms with Gasteiger partial charge in [-0.05, 0) is 25.7 Å². The molecule has 86 valence electrons. The van der Waals surface area contributed by atoms with Crippen LogP contribution in [0.15, 0.2) is 0 Å². The Kier molecular flexibility index (Phi) is 9.42. The molecule has 0 saturated heterocycles. The molecule has 0 rings (SSSR count). The Hall–Kier alpha value is -0.0800. The Bertz CT molecular complexity index is 117. The Morgan fingerprint density at radius 3 is 2.14 bits per heavy atom. The zero-order chi connectivity index (χ0) is 10.8. The lowest BCUT2D eigenvalue weighted by molar-refractivity contribution is 0.147. The van der Waals surface area contributed by atoms with Gasteiger partial charge in [0.15, 0.2) is 0 Å². The third kappa shape index (κ3) is 8.52. The van der Waals surface area contributed by atoms with Gasteiger partial charge in [0.05, 0.1) is 6.10 Å². The topological polar surface area (TPSA) is 46.2 Å². The molecule has 0 aliphatic carbocycles. The fourth-order valence-corrected chi connectivity index (χ4v) is 1.57. The lowest BCUT2D eigenvalue weighted by atomic mass is 10.0. The van der Waals surface area contributed by atoms with Gasteiger partial charge in [-0.15, -0.1) is 0 Å². The summed E-state index contributed by atoms with van der Waals surface area (Å²) in [5.74, 6) is 0. The molecule has 0 aromatic heterocycles. The average molecular weight is 201 g/mol. The summed E-state index contributed by atoms with van der Waals surface area (Å²) in [5.41, 5.74) is 5.81. The van der Waals surface area contributed by atoms with Crippen LogP contribution in [0.3, 0.4) is 0 Å². The quantitative estimate of drug-likeness (QED) is 0.563. The minimum absolute atomic E-state index is 0.0761. The molecule has 2 nitrogen and oxygen atoms in total. The molecular formula is C12H27NO. The second-order valence-corrected chi connectivity index (χ2v) is 4.25. The minimum atomic E-state index is -0.0761. The highest BCUT2D eigenvalue weighted by Gasteiger charge is 2.04. The lowest BCUT2D eigenvalue weighted by Gasteiger charge is -2.11. The normalized spacial score (nSPS) is 15.4. The van der Waals surface area contributed by atoms with Crippen molar-refractivity contribution in [3.8, 4) is 0 Å². The van der Waals surface area contributed by atoms with Gasteiger partial charge in [0.25, 0.3) is 0 Å². The maximum Gasteiger partial charge on any atom is 0.0540 e. The van der Waals surface area contributed by atoms with Crippen molar-refractivity contribution in [2.24, 2.45) is 5.73 Å². The van der Waals surface area contributed by atoms with Gasteiger partial charge in [0.1, 0.15) is 0 Å². The maximum absolute atomic E-state index is 9.57. The molecular weight excluding hydrogens is 174 g/mol. The summed E-state index contributed by atoms with van der Waals surface area (Å²) in [6.07, 6.45) is 8.64. The number of rotatable bonds is 9. The van der Waals surface area contributed by atoms with Gasteiger partial charge in [-0.3, -0.25) is 0 Å². The van der Waals surface area contributed by atoms with Crippen LogP contribution in [0.5, 0.6) is 0 Å². The summed E-state index contributed by atoms with van der Waals surface area (Å²) < 4.78 is 0. The first kappa shape index (κ1) is 13.9. The molecule has 2 heteroatoms. The molecule has 0 aliphatic rings. The smallest absolute Gasteiger partial charge is 0.0540 e. The van der Waals surface area contributed by atoms with Crippen molar-refractivity contribution >= 4 is 0 Å². The van der Waals surface area contributed by atoms with Crippen LogP contribution in [-0.4, -0.2) is 17.3 Å². The zero-order valence-electron chi connectivity index (χ0n) is 9.84. The maximum atomic E-state index is 9.57. The monoisotopic (exact) mass is 201 g/mol. The molecule has 2 unspecified atom stereocenters. The van der Waals surface area contributed by atoms with Gasteiger partial charge in [-0.1, -0.05) is 39.5 Å². The summed E-state index contributed by atoms with van der Waals surface area (Å²) in [7, 11) is 0. The van der Waals surface area contributed by atoms with Crippen LogP contribution in [0, 0.1) is 0 Å². The van der Waals surface area contributed by atoms with Crippen molar-refractivity contribution in [2.75, 3.05) is 0 Å². The van der Waals surface area contributed by atoms with Gasteiger partial charge >= 0.3 is 0 Å². The first-order chi connectivity index (χ1) is 6.70. The first-order valence-electron chi connectivity index (χ1n) is 6.14. The number of hydrogen-bond donors (Lipinski definition) is 2. The van der Waals surface area contributed by atoms with E-state index in [1.807, 2.05) is 0 Å². The molecule has 0 spiro atoms.